The Balaban J connectivity index is 1.88. The molecule has 0 aromatic carbocycles. The average Bonchev–Trinajstić information content (AvgIpc) is 2.63. The van der Waals surface area contributed by atoms with Crippen LogP contribution >= 0.6 is 0 Å². The van der Waals surface area contributed by atoms with Crippen LogP contribution in [-0.4, -0.2) is 24.1 Å². The van der Waals surface area contributed by atoms with Crippen molar-refractivity contribution in [2.24, 2.45) is 5.92 Å². The van der Waals surface area contributed by atoms with Gasteiger partial charge >= 0.3 is 6.09 Å². The first-order chi connectivity index (χ1) is 6.86. The Kier molecular flexibility index (Phi) is 2.93. The molecule has 1 saturated carbocycles. The number of cyclic esters (lactones) is 1. The molecule has 0 aromatic rings. The second kappa shape index (κ2) is 4.36. The van der Waals surface area contributed by atoms with E-state index in [1.54, 1.807) is 0 Å². The van der Waals surface area contributed by atoms with Crippen molar-refractivity contribution in [3.63, 3.8) is 0 Å². The third-order valence-electron chi connectivity index (χ3n) is 2.77. The number of rotatable bonds is 0. The van der Waals surface area contributed by atoms with Gasteiger partial charge in [0.2, 0.25) is 0 Å². The molecule has 2 aliphatic rings. The average molecular weight is 193 g/mol. The topological polar surface area (TPSA) is 29.5 Å². The molecule has 1 amide bonds. The van der Waals surface area contributed by atoms with Crippen molar-refractivity contribution in [3.05, 3.63) is 0 Å². The van der Waals surface area contributed by atoms with Gasteiger partial charge in [-0.3, -0.25) is 0 Å². The fourth-order valence-electron chi connectivity index (χ4n) is 1.91. The minimum atomic E-state index is -0.284. The van der Waals surface area contributed by atoms with Crippen LogP contribution < -0.4 is 0 Å². The summed E-state index contributed by atoms with van der Waals surface area (Å²) in [5.41, 5.74) is 0. The van der Waals surface area contributed by atoms with E-state index in [2.05, 4.69) is 12.0 Å². The molecule has 3 nitrogen and oxygen atoms in total. The number of hydrogen-bond acceptors (Lipinski definition) is 2. The lowest BCUT2D eigenvalue weighted by atomic mass is 9.90. The van der Waals surface area contributed by atoms with Gasteiger partial charge in [0.1, 0.15) is 6.61 Å². The Morgan fingerprint density at radius 1 is 1.29 bits per heavy atom. The molecule has 76 valence electrons. The number of carbonyl (C=O) groups is 1. The zero-order valence-electron chi connectivity index (χ0n) is 8.29. The summed E-state index contributed by atoms with van der Waals surface area (Å²) in [4.78, 5) is 12.5. The molecule has 2 fully saturated rings. The van der Waals surface area contributed by atoms with Crippen LogP contribution in [0.15, 0.2) is 0 Å². The summed E-state index contributed by atoms with van der Waals surface area (Å²) < 4.78 is 4.79. The van der Waals surface area contributed by atoms with Crippen molar-refractivity contribution in [1.29, 1.82) is 0 Å². The summed E-state index contributed by atoms with van der Waals surface area (Å²) in [6, 6.07) is 2.91. The first-order valence-corrected chi connectivity index (χ1v) is 5.32. The Morgan fingerprint density at radius 2 is 2.07 bits per heavy atom. The van der Waals surface area contributed by atoms with Crippen LogP contribution in [-0.2, 0) is 4.74 Å². The van der Waals surface area contributed by atoms with Crippen LogP contribution in [0.25, 0.3) is 0 Å². The van der Waals surface area contributed by atoms with Crippen LogP contribution in [0.2, 0.25) is 0 Å². The molecule has 2 rings (SSSR count). The number of nitrogens with zero attached hydrogens (tertiary/aromatic N) is 1. The second-order valence-electron chi connectivity index (χ2n) is 3.86. The maximum Gasteiger partial charge on any atom is 0.421 e. The monoisotopic (exact) mass is 193 g/mol. The van der Waals surface area contributed by atoms with Crippen LogP contribution in [0.4, 0.5) is 4.79 Å². The van der Waals surface area contributed by atoms with Gasteiger partial charge in [0.05, 0.1) is 6.54 Å². The Morgan fingerprint density at radius 3 is 2.71 bits per heavy atom. The molecule has 0 N–H and O–H groups in total. The molecule has 0 bridgehead atoms. The van der Waals surface area contributed by atoms with E-state index < -0.39 is 0 Å². The molecule has 0 spiro atoms. The Bertz CT molecular complexity index is 271. The lowest BCUT2D eigenvalue weighted by Crippen LogP contribution is -2.18. The second-order valence-corrected chi connectivity index (χ2v) is 3.86. The summed E-state index contributed by atoms with van der Waals surface area (Å²) in [6.07, 6.45) is 6.00. The molecule has 0 aromatic heterocycles. The molecule has 0 atom stereocenters. The fraction of sp³-hybridized carbons (Fsp3) is 0.727. The lowest BCUT2D eigenvalue weighted by Gasteiger charge is -2.15. The minimum Gasteiger partial charge on any atom is -0.447 e. The Hall–Kier alpha value is -1.17. The number of ether oxygens (including phenoxy) is 1. The molecule has 1 aliphatic carbocycles. The molecule has 1 saturated heterocycles. The van der Waals surface area contributed by atoms with E-state index in [0.717, 1.165) is 0 Å². The highest BCUT2D eigenvalue weighted by Gasteiger charge is 2.20. The summed E-state index contributed by atoms with van der Waals surface area (Å²) in [5.74, 6) is 3.67. The number of hydrogen-bond donors (Lipinski definition) is 0. The predicted octanol–water partition coefficient (Wildman–Crippen LogP) is 1.98. The summed E-state index contributed by atoms with van der Waals surface area (Å²) in [6.45, 7) is 1.11. The van der Waals surface area contributed by atoms with E-state index in [0.29, 0.717) is 19.1 Å². The van der Waals surface area contributed by atoms with Crippen LogP contribution in [0.3, 0.4) is 0 Å². The highest BCUT2D eigenvalue weighted by atomic mass is 16.6. The molecule has 3 heteroatoms. The van der Waals surface area contributed by atoms with E-state index in [1.165, 1.54) is 37.0 Å². The molecular weight excluding hydrogens is 178 g/mol. The van der Waals surface area contributed by atoms with Crippen molar-refractivity contribution in [2.75, 3.05) is 13.2 Å². The fourth-order valence-corrected chi connectivity index (χ4v) is 1.91. The van der Waals surface area contributed by atoms with Gasteiger partial charge in [0, 0.05) is 12.0 Å². The maximum atomic E-state index is 11.0. The molecule has 14 heavy (non-hydrogen) atoms. The summed E-state index contributed by atoms with van der Waals surface area (Å²) >= 11 is 0. The highest BCUT2D eigenvalue weighted by molar-refractivity contribution is 5.71. The first kappa shape index (κ1) is 9.39. The van der Waals surface area contributed by atoms with Crippen molar-refractivity contribution >= 4 is 6.09 Å². The molecule has 1 aliphatic heterocycles. The van der Waals surface area contributed by atoms with Crippen LogP contribution in [0.1, 0.15) is 32.1 Å². The van der Waals surface area contributed by atoms with Gasteiger partial charge in [-0.2, -0.15) is 0 Å². The lowest BCUT2D eigenvalue weighted by molar-refractivity contribution is 0.167. The highest BCUT2D eigenvalue weighted by Crippen LogP contribution is 2.22. The van der Waals surface area contributed by atoms with E-state index in [9.17, 15) is 4.79 Å². The molecular formula is C11H15NO2. The van der Waals surface area contributed by atoms with E-state index in [4.69, 9.17) is 4.74 Å². The van der Waals surface area contributed by atoms with E-state index in [1.807, 2.05) is 0 Å². The SMILES string of the molecule is O=C1OCCN1C#CC1CCCCC1. The van der Waals surface area contributed by atoms with Crippen molar-refractivity contribution in [1.82, 2.24) is 4.90 Å². The van der Waals surface area contributed by atoms with Gasteiger partial charge < -0.3 is 4.74 Å². The van der Waals surface area contributed by atoms with Crippen molar-refractivity contribution < 1.29 is 9.53 Å². The van der Waals surface area contributed by atoms with E-state index >= 15 is 0 Å². The first-order valence-electron chi connectivity index (χ1n) is 5.32. The zero-order valence-corrected chi connectivity index (χ0v) is 8.29. The third kappa shape index (κ3) is 2.20. The van der Waals surface area contributed by atoms with Gasteiger partial charge in [0.15, 0.2) is 0 Å². The predicted molar refractivity (Wildman–Crippen MR) is 52.4 cm³/mol. The van der Waals surface area contributed by atoms with Gasteiger partial charge in [-0.25, -0.2) is 9.69 Å². The largest absolute Gasteiger partial charge is 0.447 e. The number of carbonyl (C=O) groups excluding carboxylic acids is 1. The Labute approximate surface area is 84.4 Å². The standard InChI is InChI=1S/C11H15NO2/c13-11-12(8-9-14-11)7-6-10-4-2-1-3-5-10/h10H,1-5,8-9H2. The van der Waals surface area contributed by atoms with Gasteiger partial charge in [0.25, 0.3) is 0 Å². The van der Waals surface area contributed by atoms with E-state index in [-0.39, 0.29) is 6.09 Å². The summed E-state index contributed by atoms with van der Waals surface area (Å²) in [5, 5.41) is 0. The van der Waals surface area contributed by atoms with Crippen LogP contribution in [0, 0.1) is 17.9 Å². The smallest absolute Gasteiger partial charge is 0.421 e. The quantitative estimate of drug-likeness (QED) is 0.550. The molecule has 0 unspecified atom stereocenters. The van der Waals surface area contributed by atoms with Crippen molar-refractivity contribution in [3.8, 4) is 12.0 Å². The van der Waals surface area contributed by atoms with Gasteiger partial charge in [-0.05, 0) is 12.8 Å². The number of amides is 1. The molecule has 1 heterocycles. The summed E-state index contributed by atoms with van der Waals surface area (Å²) in [7, 11) is 0. The van der Waals surface area contributed by atoms with Gasteiger partial charge in [-0.15, -0.1) is 0 Å². The van der Waals surface area contributed by atoms with Gasteiger partial charge in [-0.1, -0.05) is 25.2 Å². The zero-order chi connectivity index (χ0) is 9.80. The molecule has 0 radical (unpaired) electrons. The minimum absolute atomic E-state index is 0.284. The maximum absolute atomic E-state index is 11.0. The van der Waals surface area contributed by atoms with Crippen LogP contribution in [0.5, 0.6) is 0 Å². The third-order valence-corrected chi connectivity index (χ3v) is 2.77. The normalized spacial score (nSPS) is 22.9. The van der Waals surface area contributed by atoms with Crippen molar-refractivity contribution in [2.45, 2.75) is 32.1 Å².